The number of aryl methyl sites for hydroxylation is 2. The van der Waals surface area contributed by atoms with Gasteiger partial charge in [0.2, 0.25) is 5.91 Å². The Balaban J connectivity index is 1.45. The molecule has 0 aliphatic carbocycles. The fourth-order valence-electron chi connectivity index (χ4n) is 2.78. The van der Waals surface area contributed by atoms with Gasteiger partial charge in [-0.3, -0.25) is 9.59 Å². The first-order valence-corrected chi connectivity index (χ1v) is 8.91. The van der Waals surface area contributed by atoms with E-state index in [4.69, 9.17) is 21.1 Å². The third-order valence-electron chi connectivity index (χ3n) is 4.12. The van der Waals surface area contributed by atoms with Gasteiger partial charge in [-0.05, 0) is 67.3 Å². The number of halogens is 1. The molecule has 0 saturated carbocycles. The van der Waals surface area contributed by atoms with Crippen LogP contribution in [-0.2, 0) is 16.0 Å². The van der Waals surface area contributed by atoms with Gasteiger partial charge in [0.1, 0.15) is 11.5 Å². The fourth-order valence-corrected chi connectivity index (χ4v) is 3.01. The Morgan fingerprint density at radius 1 is 1.19 bits per heavy atom. The largest absolute Gasteiger partial charge is 0.493 e. The molecule has 1 heterocycles. The average Bonchev–Trinajstić information content (AvgIpc) is 2.60. The van der Waals surface area contributed by atoms with Gasteiger partial charge in [0.05, 0.1) is 6.61 Å². The van der Waals surface area contributed by atoms with Crippen molar-refractivity contribution in [2.75, 3.05) is 11.9 Å². The van der Waals surface area contributed by atoms with Crippen LogP contribution in [0.15, 0.2) is 36.4 Å². The number of carbonyl (C=O) groups is 2. The summed E-state index contributed by atoms with van der Waals surface area (Å²) < 4.78 is 11.0. The molecular weight excluding hydrogens is 354 g/mol. The van der Waals surface area contributed by atoms with Crippen LogP contribution in [0.5, 0.6) is 11.5 Å². The van der Waals surface area contributed by atoms with E-state index in [1.807, 2.05) is 19.1 Å². The van der Waals surface area contributed by atoms with Crippen molar-refractivity contribution in [1.29, 1.82) is 0 Å². The molecule has 1 amide bonds. The number of nitrogens with one attached hydrogen (secondary N) is 1. The molecule has 1 aliphatic rings. The van der Waals surface area contributed by atoms with E-state index >= 15 is 0 Å². The molecule has 0 spiro atoms. The molecule has 26 heavy (non-hydrogen) atoms. The lowest BCUT2D eigenvalue weighted by Gasteiger charge is -2.17. The van der Waals surface area contributed by atoms with Gasteiger partial charge < -0.3 is 14.8 Å². The van der Waals surface area contributed by atoms with Crippen LogP contribution in [0.4, 0.5) is 5.69 Å². The summed E-state index contributed by atoms with van der Waals surface area (Å²) in [7, 11) is 0. The average molecular weight is 374 g/mol. The van der Waals surface area contributed by atoms with Crippen LogP contribution in [0.3, 0.4) is 0 Å². The molecule has 2 aromatic rings. The standard InChI is InChI=1S/C20H20ClNO4/c1-13-11-15(21)5-8-18(13)25-10-2-3-20(24)26-16-6-7-17-14(12-16)4-9-19(23)22-17/h5-8,11-12H,2-4,9-10H2,1H3,(H,22,23). The summed E-state index contributed by atoms with van der Waals surface area (Å²) >= 11 is 5.91. The topological polar surface area (TPSA) is 64.6 Å². The van der Waals surface area contributed by atoms with E-state index in [1.165, 1.54) is 0 Å². The first kappa shape index (κ1) is 18.3. The Morgan fingerprint density at radius 3 is 2.85 bits per heavy atom. The molecule has 5 nitrogen and oxygen atoms in total. The molecule has 0 atom stereocenters. The third kappa shape index (κ3) is 4.76. The third-order valence-corrected chi connectivity index (χ3v) is 4.36. The molecule has 3 rings (SSSR count). The van der Waals surface area contributed by atoms with Gasteiger partial charge in [-0.15, -0.1) is 0 Å². The van der Waals surface area contributed by atoms with Crippen LogP contribution in [0.2, 0.25) is 5.02 Å². The maximum absolute atomic E-state index is 12.0. The van der Waals surface area contributed by atoms with Crippen molar-refractivity contribution in [3.05, 3.63) is 52.5 Å². The summed E-state index contributed by atoms with van der Waals surface area (Å²) in [4.78, 5) is 23.4. The number of rotatable bonds is 6. The Labute approximate surface area is 157 Å². The number of benzene rings is 2. The number of fused-ring (bicyclic) bond motifs is 1. The first-order chi connectivity index (χ1) is 12.5. The van der Waals surface area contributed by atoms with Gasteiger partial charge in [-0.25, -0.2) is 0 Å². The smallest absolute Gasteiger partial charge is 0.311 e. The van der Waals surface area contributed by atoms with Crippen LogP contribution < -0.4 is 14.8 Å². The Hall–Kier alpha value is -2.53. The number of esters is 1. The van der Waals surface area contributed by atoms with Gasteiger partial charge in [-0.2, -0.15) is 0 Å². The Kier molecular flexibility index (Phi) is 5.78. The van der Waals surface area contributed by atoms with E-state index in [9.17, 15) is 9.59 Å². The minimum Gasteiger partial charge on any atom is -0.493 e. The molecule has 0 aromatic heterocycles. The van der Waals surface area contributed by atoms with Crippen molar-refractivity contribution in [2.45, 2.75) is 32.6 Å². The molecule has 0 fully saturated rings. The number of hydrogen-bond acceptors (Lipinski definition) is 4. The van der Waals surface area contributed by atoms with Crippen LogP contribution in [0, 0.1) is 6.92 Å². The van der Waals surface area contributed by atoms with Crippen LogP contribution in [0.25, 0.3) is 0 Å². The molecule has 0 bridgehead atoms. The highest BCUT2D eigenvalue weighted by molar-refractivity contribution is 6.30. The number of ether oxygens (including phenoxy) is 2. The molecule has 0 unspecified atom stereocenters. The zero-order chi connectivity index (χ0) is 18.5. The highest BCUT2D eigenvalue weighted by Crippen LogP contribution is 2.27. The van der Waals surface area contributed by atoms with Crippen LogP contribution in [-0.4, -0.2) is 18.5 Å². The van der Waals surface area contributed by atoms with Gasteiger partial charge in [0.25, 0.3) is 0 Å². The van der Waals surface area contributed by atoms with Crippen molar-refractivity contribution < 1.29 is 19.1 Å². The van der Waals surface area contributed by atoms with Crippen molar-refractivity contribution in [3.63, 3.8) is 0 Å². The quantitative estimate of drug-likeness (QED) is 0.466. The maximum Gasteiger partial charge on any atom is 0.311 e. The van der Waals surface area contributed by atoms with E-state index in [0.717, 1.165) is 22.6 Å². The first-order valence-electron chi connectivity index (χ1n) is 8.54. The molecule has 1 N–H and O–H groups in total. The summed E-state index contributed by atoms with van der Waals surface area (Å²) in [5, 5.41) is 3.47. The second kappa shape index (κ2) is 8.23. The van der Waals surface area contributed by atoms with E-state index in [0.29, 0.717) is 36.6 Å². The minimum atomic E-state index is -0.304. The second-order valence-corrected chi connectivity index (χ2v) is 6.64. The lowest BCUT2D eigenvalue weighted by Crippen LogP contribution is -2.19. The molecular formula is C20H20ClNO4. The molecule has 0 radical (unpaired) electrons. The summed E-state index contributed by atoms with van der Waals surface area (Å²) in [6, 6.07) is 10.7. The number of hydrogen-bond donors (Lipinski definition) is 1. The Bertz CT molecular complexity index is 835. The molecule has 0 saturated heterocycles. The molecule has 136 valence electrons. The maximum atomic E-state index is 12.0. The molecule has 6 heteroatoms. The SMILES string of the molecule is Cc1cc(Cl)ccc1OCCCC(=O)Oc1ccc2c(c1)CCC(=O)N2. The van der Waals surface area contributed by atoms with Gasteiger partial charge in [0.15, 0.2) is 0 Å². The van der Waals surface area contributed by atoms with Crippen molar-refractivity contribution >= 4 is 29.2 Å². The van der Waals surface area contributed by atoms with Gasteiger partial charge in [-0.1, -0.05) is 11.6 Å². The van der Waals surface area contributed by atoms with E-state index in [2.05, 4.69) is 5.32 Å². The monoisotopic (exact) mass is 373 g/mol. The number of anilines is 1. The second-order valence-electron chi connectivity index (χ2n) is 6.20. The van der Waals surface area contributed by atoms with Crippen molar-refractivity contribution in [2.24, 2.45) is 0 Å². The van der Waals surface area contributed by atoms with E-state index in [1.54, 1.807) is 24.3 Å². The zero-order valence-electron chi connectivity index (χ0n) is 14.5. The van der Waals surface area contributed by atoms with E-state index in [-0.39, 0.29) is 18.3 Å². The molecule has 2 aromatic carbocycles. The summed E-state index contributed by atoms with van der Waals surface area (Å²) in [5.41, 5.74) is 2.73. The lowest BCUT2D eigenvalue weighted by atomic mass is 10.0. The summed E-state index contributed by atoms with van der Waals surface area (Å²) in [6.07, 6.45) is 1.93. The van der Waals surface area contributed by atoms with Gasteiger partial charge in [0, 0.05) is 23.6 Å². The summed E-state index contributed by atoms with van der Waals surface area (Å²) in [6.45, 7) is 2.35. The highest BCUT2D eigenvalue weighted by Gasteiger charge is 2.16. The Morgan fingerprint density at radius 2 is 2.04 bits per heavy atom. The number of amides is 1. The van der Waals surface area contributed by atoms with Gasteiger partial charge >= 0.3 is 5.97 Å². The normalized spacial score (nSPS) is 12.9. The predicted molar refractivity (Wildman–Crippen MR) is 99.9 cm³/mol. The highest BCUT2D eigenvalue weighted by atomic mass is 35.5. The summed E-state index contributed by atoms with van der Waals surface area (Å²) in [5.74, 6) is 0.971. The lowest BCUT2D eigenvalue weighted by molar-refractivity contribution is -0.134. The van der Waals surface area contributed by atoms with Crippen molar-refractivity contribution in [3.8, 4) is 11.5 Å². The van der Waals surface area contributed by atoms with Crippen molar-refractivity contribution in [1.82, 2.24) is 0 Å². The fraction of sp³-hybridized carbons (Fsp3) is 0.300. The van der Waals surface area contributed by atoms with E-state index < -0.39 is 0 Å². The zero-order valence-corrected chi connectivity index (χ0v) is 15.3. The predicted octanol–water partition coefficient (Wildman–Crippen LogP) is 4.30. The van der Waals surface area contributed by atoms with Crippen LogP contribution in [0.1, 0.15) is 30.4 Å². The number of carbonyl (C=O) groups excluding carboxylic acids is 2. The van der Waals surface area contributed by atoms with Crippen LogP contribution >= 0.6 is 11.6 Å². The minimum absolute atomic E-state index is 0.0122. The molecule has 1 aliphatic heterocycles.